The van der Waals surface area contributed by atoms with E-state index in [0.717, 1.165) is 47.2 Å². The predicted octanol–water partition coefficient (Wildman–Crippen LogP) is 6.03. The summed E-state index contributed by atoms with van der Waals surface area (Å²) in [5, 5.41) is 4.15. The average Bonchev–Trinajstić information content (AvgIpc) is 3.22. The van der Waals surface area contributed by atoms with Gasteiger partial charge >= 0.3 is 0 Å². The van der Waals surface area contributed by atoms with E-state index >= 15 is 0 Å². The Kier molecular flexibility index (Phi) is 7.47. The first-order valence-corrected chi connectivity index (χ1v) is 12.4. The maximum atomic E-state index is 12.4. The minimum absolute atomic E-state index is 0.214. The summed E-state index contributed by atoms with van der Waals surface area (Å²) in [5.41, 5.74) is 4.47. The van der Waals surface area contributed by atoms with Crippen molar-refractivity contribution in [2.24, 2.45) is 5.92 Å². The number of hydrogen-bond acceptors (Lipinski definition) is 3. The second-order valence-electron chi connectivity index (χ2n) is 8.04. The molecule has 1 amide bonds. The molecule has 1 aliphatic rings. The molecule has 31 heavy (non-hydrogen) atoms. The van der Waals surface area contributed by atoms with Gasteiger partial charge in [0.15, 0.2) is 5.16 Å². The Morgan fingerprint density at radius 2 is 1.65 bits per heavy atom. The standard InChI is InChI=1S/C26H31N3OS/c1-2-29-24(21-14-8-4-9-15-21)23(20-12-6-3-7-13-20)28-26(29)31-19-18-27-25(30)22-16-10-5-11-17-22/h3-4,6-9,12-15,22H,2,5,10-11,16-19H2,1H3,(H,27,30). The van der Waals surface area contributed by atoms with Gasteiger partial charge in [0.1, 0.15) is 0 Å². The SMILES string of the molecule is CCn1c(SCCNC(=O)C2CCCCC2)nc(-c2ccccc2)c1-c1ccccc1. The smallest absolute Gasteiger partial charge is 0.223 e. The third kappa shape index (κ3) is 5.21. The molecule has 4 rings (SSSR count). The molecule has 4 nitrogen and oxygen atoms in total. The van der Waals surface area contributed by atoms with Crippen LogP contribution in [-0.4, -0.2) is 27.8 Å². The summed E-state index contributed by atoms with van der Waals surface area (Å²) in [7, 11) is 0. The lowest BCUT2D eigenvalue weighted by Gasteiger charge is -2.20. The van der Waals surface area contributed by atoms with Crippen molar-refractivity contribution >= 4 is 17.7 Å². The van der Waals surface area contributed by atoms with Crippen molar-refractivity contribution in [1.29, 1.82) is 0 Å². The zero-order chi connectivity index (χ0) is 21.5. The first kappa shape index (κ1) is 21.7. The van der Waals surface area contributed by atoms with Crippen molar-refractivity contribution in [2.45, 2.75) is 50.7 Å². The van der Waals surface area contributed by atoms with Gasteiger partial charge in [-0.05, 0) is 19.8 Å². The van der Waals surface area contributed by atoms with Crippen molar-refractivity contribution in [2.75, 3.05) is 12.3 Å². The number of rotatable bonds is 8. The molecule has 0 unspecified atom stereocenters. The Morgan fingerprint density at radius 3 is 2.29 bits per heavy atom. The van der Waals surface area contributed by atoms with E-state index in [0.29, 0.717) is 6.54 Å². The summed E-state index contributed by atoms with van der Waals surface area (Å²) >= 11 is 1.72. The van der Waals surface area contributed by atoms with Crippen LogP contribution < -0.4 is 5.32 Å². The van der Waals surface area contributed by atoms with E-state index in [9.17, 15) is 4.79 Å². The zero-order valence-electron chi connectivity index (χ0n) is 18.2. The number of thioether (sulfide) groups is 1. The molecule has 0 saturated heterocycles. The van der Waals surface area contributed by atoms with Gasteiger partial charge in [-0.15, -0.1) is 0 Å². The maximum absolute atomic E-state index is 12.4. The van der Waals surface area contributed by atoms with Crippen LogP contribution >= 0.6 is 11.8 Å². The van der Waals surface area contributed by atoms with Crippen LogP contribution in [0.5, 0.6) is 0 Å². The van der Waals surface area contributed by atoms with Gasteiger partial charge in [-0.2, -0.15) is 0 Å². The first-order chi connectivity index (χ1) is 15.3. The monoisotopic (exact) mass is 433 g/mol. The van der Waals surface area contributed by atoms with Gasteiger partial charge < -0.3 is 9.88 Å². The Bertz CT molecular complexity index is 979. The summed E-state index contributed by atoms with van der Waals surface area (Å²) in [6, 6.07) is 20.9. The molecule has 162 valence electrons. The number of imidazole rings is 1. The molecule has 1 aliphatic carbocycles. The third-order valence-electron chi connectivity index (χ3n) is 5.95. The minimum atomic E-state index is 0.214. The molecule has 1 N–H and O–H groups in total. The zero-order valence-corrected chi connectivity index (χ0v) is 19.0. The molecule has 1 saturated carbocycles. The molecular weight excluding hydrogens is 402 g/mol. The fraction of sp³-hybridized carbons (Fsp3) is 0.385. The summed E-state index contributed by atoms with van der Waals surface area (Å²) in [6.45, 7) is 3.69. The highest BCUT2D eigenvalue weighted by Gasteiger charge is 2.21. The van der Waals surface area contributed by atoms with E-state index < -0.39 is 0 Å². The van der Waals surface area contributed by atoms with E-state index in [1.54, 1.807) is 11.8 Å². The van der Waals surface area contributed by atoms with Crippen molar-refractivity contribution in [3.8, 4) is 22.5 Å². The van der Waals surface area contributed by atoms with E-state index in [-0.39, 0.29) is 11.8 Å². The third-order valence-corrected chi connectivity index (χ3v) is 6.93. The van der Waals surface area contributed by atoms with E-state index in [4.69, 9.17) is 4.98 Å². The number of nitrogens with zero attached hydrogens (tertiary/aromatic N) is 2. The lowest BCUT2D eigenvalue weighted by Crippen LogP contribution is -2.33. The molecule has 1 aromatic heterocycles. The molecule has 2 aromatic carbocycles. The summed E-state index contributed by atoms with van der Waals surface area (Å²) in [5.74, 6) is 1.26. The van der Waals surface area contributed by atoms with Crippen LogP contribution in [0, 0.1) is 5.92 Å². The number of hydrogen-bond donors (Lipinski definition) is 1. The van der Waals surface area contributed by atoms with E-state index in [1.807, 2.05) is 12.1 Å². The van der Waals surface area contributed by atoms with Crippen molar-refractivity contribution < 1.29 is 4.79 Å². The Labute approximate surface area is 189 Å². The van der Waals surface area contributed by atoms with Crippen molar-refractivity contribution in [1.82, 2.24) is 14.9 Å². The topological polar surface area (TPSA) is 46.9 Å². The van der Waals surface area contributed by atoms with Crippen LogP contribution in [0.2, 0.25) is 0 Å². The molecule has 0 atom stereocenters. The minimum Gasteiger partial charge on any atom is -0.355 e. The normalized spacial score (nSPS) is 14.5. The van der Waals surface area contributed by atoms with Crippen LogP contribution in [-0.2, 0) is 11.3 Å². The number of amides is 1. The number of nitrogens with one attached hydrogen (secondary N) is 1. The number of aromatic nitrogens is 2. The molecule has 0 aliphatic heterocycles. The van der Waals surface area contributed by atoms with Gasteiger partial charge in [0, 0.05) is 35.9 Å². The Balaban J connectivity index is 1.51. The molecule has 0 radical (unpaired) electrons. The Morgan fingerprint density at radius 1 is 1.00 bits per heavy atom. The highest BCUT2D eigenvalue weighted by Crippen LogP contribution is 2.35. The lowest BCUT2D eigenvalue weighted by molar-refractivity contribution is -0.125. The quantitative estimate of drug-likeness (QED) is 0.349. The van der Waals surface area contributed by atoms with Gasteiger partial charge in [0.05, 0.1) is 11.4 Å². The molecule has 1 fully saturated rings. The van der Waals surface area contributed by atoms with Crippen LogP contribution in [0.25, 0.3) is 22.5 Å². The molecule has 1 heterocycles. The molecule has 0 bridgehead atoms. The first-order valence-electron chi connectivity index (χ1n) is 11.4. The fourth-order valence-corrected chi connectivity index (χ4v) is 5.27. The number of carbonyl (C=O) groups is 1. The second kappa shape index (κ2) is 10.7. The predicted molar refractivity (Wildman–Crippen MR) is 129 cm³/mol. The van der Waals surface area contributed by atoms with Gasteiger partial charge in [-0.1, -0.05) is 91.7 Å². The van der Waals surface area contributed by atoms with Gasteiger partial charge in [0.2, 0.25) is 5.91 Å². The highest BCUT2D eigenvalue weighted by molar-refractivity contribution is 7.99. The van der Waals surface area contributed by atoms with Crippen LogP contribution in [0.1, 0.15) is 39.0 Å². The van der Waals surface area contributed by atoms with E-state index in [2.05, 4.69) is 65.3 Å². The molecule has 3 aromatic rings. The van der Waals surface area contributed by atoms with Crippen LogP contribution in [0.15, 0.2) is 65.8 Å². The number of carbonyl (C=O) groups excluding carboxylic acids is 1. The highest BCUT2D eigenvalue weighted by atomic mass is 32.2. The summed E-state index contributed by atoms with van der Waals surface area (Å²) < 4.78 is 2.30. The molecular formula is C26H31N3OS. The van der Waals surface area contributed by atoms with Gasteiger partial charge in [0.25, 0.3) is 0 Å². The fourth-order valence-electron chi connectivity index (χ4n) is 4.35. The molecule has 5 heteroatoms. The van der Waals surface area contributed by atoms with Crippen LogP contribution in [0.4, 0.5) is 0 Å². The number of benzene rings is 2. The lowest BCUT2D eigenvalue weighted by atomic mass is 9.89. The largest absolute Gasteiger partial charge is 0.355 e. The van der Waals surface area contributed by atoms with E-state index in [1.165, 1.54) is 24.8 Å². The van der Waals surface area contributed by atoms with Gasteiger partial charge in [-0.3, -0.25) is 4.79 Å². The molecule has 0 spiro atoms. The van der Waals surface area contributed by atoms with Crippen molar-refractivity contribution in [3.05, 3.63) is 60.7 Å². The van der Waals surface area contributed by atoms with Gasteiger partial charge in [-0.25, -0.2) is 4.98 Å². The summed E-state index contributed by atoms with van der Waals surface area (Å²) in [4.78, 5) is 17.5. The maximum Gasteiger partial charge on any atom is 0.223 e. The second-order valence-corrected chi connectivity index (χ2v) is 9.10. The van der Waals surface area contributed by atoms with Crippen molar-refractivity contribution in [3.63, 3.8) is 0 Å². The van der Waals surface area contributed by atoms with Crippen LogP contribution in [0.3, 0.4) is 0 Å². The average molecular weight is 434 g/mol. The Hall–Kier alpha value is -2.53. The summed E-state index contributed by atoms with van der Waals surface area (Å²) in [6.07, 6.45) is 5.73.